The minimum atomic E-state index is -3.73. The van der Waals surface area contributed by atoms with E-state index >= 15 is 0 Å². The normalized spacial score (nSPS) is 17.3. The van der Waals surface area contributed by atoms with Crippen molar-refractivity contribution in [3.63, 3.8) is 0 Å². The highest BCUT2D eigenvalue weighted by Crippen LogP contribution is 2.29. The van der Waals surface area contributed by atoms with Crippen LogP contribution in [0.4, 0.5) is 0 Å². The zero-order valence-electron chi connectivity index (χ0n) is 14.7. The lowest BCUT2D eigenvalue weighted by molar-refractivity contribution is -0.131. The highest BCUT2D eigenvalue weighted by atomic mass is 32.2. The fourth-order valence-corrected chi connectivity index (χ4v) is 3.76. The summed E-state index contributed by atoms with van der Waals surface area (Å²) in [6.45, 7) is 1.72. The number of nitrogens with zero attached hydrogens (tertiary/aromatic N) is 1. The van der Waals surface area contributed by atoms with Crippen LogP contribution in [-0.4, -0.2) is 66.2 Å². The van der Waals surface area contributed by atoms with Gasteiger partial charge in [0.2, 0.25) is 15.9 Å². The van der Waals surface area contributed by atoms with Crippen LogP contribution in [0.3, 0.4) is 0 Å². The average Bonchev–Trinajstić information content (AvgIpc) is 3.14. The SMILES string of the molecule is COc1ccc(S(=O)(=O)NCCC(=O)N(C)C2CCNC2)cc1OC. The smallest absolute Gasteiger partial charge is 0.240 e. The van der Waals surface area contributed by atoms with Crippen LogP contribution in [-0.2, 0) is 14.8 Å². The summed E-state index contributed by atoms with van der Waals surface area (Å²) in [5.74, 6) is 0.696. The van der Waals surface area contributed by atoms with Gasteiger partial charge in [-0.1, -0.05) is 0 Å². The fourth-order valence-electron chi connectivity index (χ4n) is 2.71. The van der Waals surface area contributed by atoms with E-state index in [0.717, 1.165) is 19.5 Å². The molecule has 1 unspecified atom stereocenters. The van der Waals surface area contributed by atoms with Gasteiger partial charge in [0.05, 0.1) is 19.1 Å². The van der Waals surface area contributed by atoms with Crippen molar-refractivity contribution in [2.75, 3.05) is 40.9 Å². The summed E-state index contributed by atoms with van der Waals surface area (Å²) < 4.78 is 37.4. The van der Waals surface area contributed by atoms with Crippen LogP contribution in [0.1, 0.15) is 12.8 Å². The molecule has 2 rings (SSSR count). The van der Waals surface area contributed by atoms with Gasteiger partial charge < -0.3 is 19.7 Å². The molecule has 1 atom stereocenters. The third-order valence-electron chi connectivity index (χ3n) is 4.27. The van der Waals surface area contributed by atoms with Crippen LogP contribution in [0.2, 0.25) is 0 Å². The largest absolute Gasteiger partial charge is 0.493 e. The van der Waals surface area contributed by atoms with Gasteiger partial charge in [-0.05, 0) is 25.1 Å². The van der Waals surface area contributed by atoms with Gasteiger partial charge in [-0.25, -0.2) is 13.1 Å². The predicted molar refractivity (Wildman–Crippen MR) is 93.4 cm³/mol. The second-order valence-corrected chi connectivity index (χ2v) is 7.58. The number of hydrogen-bond acceptors (Lipinski definition) is 6. The monoisotopic (exact) mass is 371 g/mol. The van der Waals surface area contributed by atoms with Crippen LogP contribution in [0.15, 0.2) is 23.1 Å². The number of ether oxygens (including phenoxy) is 2. The third-order valence-corrected chi connectivity index (χ3v) is 5.73. The van der Waals surface area contributed by atoms with E-state index in [0.29, 0.717) is 11.5 Å². The van der Waals surface area contributed by atoms with Crippen molar-refractivity contribution in [3.8, 4) is 11.5 Å². The van der Waals surface area contributed by atoms with E-state index in [-0.39, 0.29) is 29.8 Å². The summed E-state index contributed by atoms with van der Waals surface area (Å²) in [5.41, 5.74) is 0. The highest BCUT2D eigenvalue weighted by molar-refractivity contribution is 7.89. The number of methoxy groups -OCH3 is 2. The van der Waals surface area contributed by atoms with Gasteiger partial charge in [0, 0.05) is 38.7 Å². The maximum absolute atomic E-state index is 12.4. The van der Waals surface area contributed by atoms with Crippen molar-refractivity contribution in [1.29, 1.82) is 0 Å². The molecule has 0 aliphatic carbocycles. The fraction of sp³-hybridized carbons (Fsp3) is 0.562. The van der Waals surface area contributed by atoms with Crippen molar-refractivity contribution in [3.05, 3.63) is 18.2 Å². The molecule has 2 N–H and O–H groups in total. The minimum absolute atomic E-state index is 0.0417. The van der Waals surface area contributed by atoms with E-state index in [1.54, 1.807) is 11.9 Å². The molecule has 0 radical (unpaired) electrons. The van der Waals surface area contributed by atoms with Crippen molar-refractivity contribution < 1.29 is 22.7 Å². The van der Waals surface area contributed by atoms with Gasteiger partial charge >= 0.3 is 0 Å². The first-order valence-corrected chi connectivity index (χ1v) is 9.55. The Morgan fingerprint density at radius 1 is 1.32 bits per heavy atom. The Bertz CT molecular complexity index is 702. The van der Waals surface area contributed by atoms with Crippen LogP contribution < -0.4 is 19.5 Å². The number of amides is 1. The van der Waals surface area contributed by atoms with Gasteiger partial charge in [0.25, 0.3) is 0 Å². The Morgan fingerprint density at radius 3 is 2.64 bits per heavy atom. The predicted octanol–water partition coefficient (Wildman–Crippen LogP) is 0.193. The lowest BCUT2D eigenvalue weighted by Gasteiger charge is -2.23. The van der Waals surface area contributed by atoms with Gasteiger partial charge in [0.15, 0.2) is 11.5 Å². The lowest BCUT2D eigenvalue weighted by Crippen LogP contribution is -2.40. The zero-order valence-corrected chi connectivity index (χ0v) is 15.6. The quantitative estimate of drug-likeness (QED) is 0.677. The zero-order chi connectivity index (χ0) is 18.4. The average molecular weight is 371 g/mol. The first-order valence-electron chi connectivity index (χ1n) is 8.07. The number of carbonyl (C=O) groups excluding carboxylic acids is 1. The van der Waals surface area contributed by atoms with E-state index in [1.165, 1.54) is 32.4 Å². The van der Waals surface area contributed by atoms with Crippen LogP contribution in [0.5, 0.6) is 11.5 Å². The molecule has 0 bridgehead atoms. The second-order valence-electron chi connectivity index (χ2n) is 5.82. The van der Waals surface area contributed by atoms with Crippen LogP contribution in [0, 0.1) is 0 Å². The second kappa shape index (κ2) is 8.50. The number of benzene rings is 1. The molecule has 1 aliphatic rings. The van der Waals surface area contributed by atoms with E-state index in [4.69, 9.17) is 9.47 Å². The molecule has 0 spiro atoms. The molecular weight excluding hydrogens is 346 g/mol. The van der Waals surface area contributed by atoms with Gasteiger partial charge in [-0.3, -0.25) is 4.79 Å². The van der Waals surface area contributed by atoms with E-state index in [2.05, 4.69) is 10.0 Å². The molecule has 25 heavy (non-hydrogen) atoms. The van der Waals surface area contributed by atoms with Crippen molar-refractivity contribution in [1.82, 2.24) is 14.9 Å². The lowest BCUT2D eigenvalue weighted by atomic mass is 10.2. The first kappa shape index (κ1) is 19.5. The summed E-state index contributed by atoms with van der Waals surface area (Å²) in [4.78, 5) is 13.9. The van der Waals surface area contributed by atoms with Crippen LogP contribution in [0.25, 0.3) is 0 Å². The Morgan fingerprint density at radius 2 is 2.04 bits per heavy atom. The first-order chi connectivity index (χ1) is 11.9. The number of hydrogen-bond donors (Lipinski definition) is 2. The summed E-state index contributed by atoms with van der Waals surface area (Å²) in [5, 5.41) is 3.20. The molecule has 0 aromatic heterocycles. The summed E-state index contributed by atoms with van der Waals surface area (Å²) in [6.07, 6.45) is 1.03. The summed E-state index contributed by atoms with van der Waals surface area (Å²) in [6, 6.07) is 4.52. The van der Waals surface area contributed by atoms with E-state index in [9.17, 15) is 13.2 Å². The minimum Gasteiger partial charge on any atom is -0.493 e. The molecule has 9 heteroatoms. The van der Waals surface area contributed by atoms with Gasteiger partial charge in [-0.2, -0.15) is 0 Å². The Balaban J connectivity index is 1.94. The number of rotatable bonds is 8. The van der Waals surface area contributed by atoms with E-state index in [1.807, 2.05) is 0 Å². The molecule has 1 saturated heterocycles. The van der Waals surface area contributed by atoms with E-state index < -0.39 is 10.0 Å². The summed E-state index contributed by atoms with van der Waals surface area (Å²) >= 11 is 0. The Labute approximate surface area is 148 Å². The van der Waals surface area contributed by atoms with Crippen LogP contribution >= 0.6 is 0 Å². The molecule has 1 amide bonds. The number of sulfonamides is 1. The van der Waals surface area contributed by atoms with Crippen molar-refractivity contribution in [2.24, 2.45) is 0 Å². The Hall–Kier alpha value is -1.84. The third kappa shape index (κ3) is 4.83. The maximum Gasteiger partial charge on any atom is 0.240 e. The summed E-state index contributed by atoms with van der Waals surface area (Å²) in [7, 11) is 0.943. The number of likely N-dealkylation sites (N-methyl/N-ethyl adjacent to an activating group) is 1. The molecule has 1 aliphatic heterocycles. The molecule has 140 valence electrons. The number of nitrogens with one attached hydrogen (secondary N) is 2. The highest BCUT2D eigenvalue weighted by Gasteiger charge is 2.23. The number of carbonyl (C=O) groups is 1. The molecule has 1 aromatic rings. The van der Waals surface area contributed by atoms with Gasteiger partial charge in [0.1, 0.15) is 0 Å². The van der Waals surface area contributed by atoms with Gasteiger partial charge in [-0.15, -0.1) is 0 Å². The topological polar surface area (TPSA) is 97.0 Å². The molecule has 1 heterocycles. The van der Waals surface area contributed by atoms with Crippen molar-refractivity contribution in [2.45, 2.75) is 23.8 Å². The maximum atomic E-state index is 12.4. The Kier molecular flexibility index (Phi) is 6.63. The molecule has 8 nitrogen and oxygen atoms in total. The molecule has 1 aromatic carbocycles. The molecular formula is C16H25N3O5S. The molecule has 0 saturated carbocycles. The standard InChI is InChI=1S/C16H25N3O5S/c1-19(12-6-8-17-11-12)16(20)7-9-18-25(21,22)13-4-5-14(23-2)15(10-13)24-3/h4-5,10,12,17-18H,6-9,11H2,1-3H3. The van der Waals surface area contributed by atoms with Crippen molar-refractivity contribution >= 4 is 15.9 Å². The molecule has 1 fully saturated rings.